The standard InChI is InChI=1S/C18H17BrClN3O4/c1-26-15-8-16(27-2)14(19)7-11(15)10-21-23-18(25)9-17(24)22-13-5-3-12(20)4-6-13/h3-8,10H,9H2,1-2H3,(H,22,24)(H,23,25). The number of ether oxygens (including phenoxy) is 2. The number of rotatable bonds is 7. The second kappa shape index (κ2) is 9.94. The van der Waals surface area contributed by atoms with E-state index in [2.05, 4.69) is 31.8 Å². The zero-order valence-corrected chi connectivity index (χ0v) is 16.9. The number of anilines is 1. The van der Waals surface area contributed by atoms with Crippen LogP contribution in [0.5, 0.6) is 11.5 Å². The van der Waals surface area contributed by atoms with Gasteiger partial charge in [0, 0.05) is 22.3 Å². The lowest BCUT2D eigenvalue weighted by molar-refractivity contribution is -0.126. The maximum absolute atomic E-state index is 11.9. The summed E-state index contributed by atoms with van der Waals surface area (Å²) >= 11 is 9.15. The van der Waals surface area contributed by atoms with E-state index in [4.69, 9.17) is 21.1 Å². The van der Waals surface area contributed by atoms with Crippen molar-refractivity contribution in [3.05, 3.63) is 51.5 Å². The number of carbonyl (C=O) groups is 2. The van der Waals surface area contributed by atoms with Gasteiger partial charge >= 0.3 is 0 Å². The van der Waals surface area contributed by atoms with Crippen LogP contribution in [0, 0.1) is 0 Å². The highest BCUT2D eigenvalue weighted by Crippen LogP contribution is 2.31. The Hall–Kier alpha value is -2.58. The molecule has 0 saturated carbocycles. The van der Waals surface area contributed by atoms with Crippen molar-refractivity contribution in [1.82, 2.24) is 5.43 Å². The van der Waals surface area contributed by atoms with Gasteiger partial charge in [-0.2, -0.15) is 5.10 Å². The molecular formula is C18H17BrClN3O4. The predicted octanol–water partition coefficient (Wildman–Crippen LogP) is 3.60. The molecule has 0 atom stereocenters. The molecule has 0 aliphatic rings. The maximum Gasteiger partial charge on any atom is 0.249 e. The van der Waals surface area contributed by atoms with E-state index in [1.54, 1.807) is 43.5 Å². The van der Waals surface area contributed by atoms with E-state index in [1.807, 2.05) is 0 Å². The number of benzene rings is 2. The third-order valence-corrected chi connectivity index (χ3v) is 4.22. The van der Waals surface area contributed by atoms with Crippen LogP contribution >= 0.6 is 27.5 Å². The van der Waals surface area contributed by atoms with Crippen LogP contribution in [0.25, 0.3) is 0 Å². The van der Waals surface area contributed by atoms with Crippen molar-refractivity contribution in [3.8, 4) is 11.5 Å². The fraction of sp³-hybridized carbons (Fsp3) is 0.167. The van der Waals surface area contributed by atoms with Crippen LogP contribution in [-0.2, 0) is 9.59 Å². The molecule has 0 aliphatic carbocycles. The Labute approximate surface area is 169 Å². The maximum atomic E-state index is 11.9. The molecule has 2 N–H and O–H groups in total. The minimum Gasteiger partial charge on any atom is -0.496 e. The summed E-state index contributed by atoms with van der Waals surface area (Å²) in [4.78, 5) is 23.7. The third-order valence-electron chi connectivity index (χ3n) is 3.35. The number of hydrazone groups is 1. The SMILES string of the molecule is COc1cc(OC)c(C=NNC(=O)CC(=O)Nc2ccc(Cl)cc2)cc1Br. The molecule has 7 nitrogen and oxygen atoms in total. The molecule has 9 heteroatoms. The number of hydrogen-bond donors (Lipinski definition) is 2. The van der Waals surface area contributed by atoms with Gasteiger partial charge in [-0.25, -0.2) is 5.43 Å². The minimum atomic E-state index is -0.552. The Kier molecular flexibility index (Phi) is 7.63. The van der Waals surface area contributed by atoms with Crippen LogP contribution in [0.2, 0.25) is 5.02 Å². The van der Waals surface area contributed by atoms with Gasteiger partial charge < -0.3 is 14.8 Å². The molecule has 0 aliphatic heterocycles. The van der Waals surface area contributed by atoms with Crippen molar-refractivity contribution in [1.29, 1.82) is 0 Å². The van der Waals surface area contributed by atoms with Crippen LogP contribution in [-0.4, -0.2) is 32.2 Å². The van der Waals surface area contributed by atoms with E-state index in [0.29, 0.717) is 32.2 Å². The zero-order valence-electron chi connectivity index (χ0n) is 14.6. The van der Waals surface area contributed by atoms with Crippen molar-refractivity contribution in [2.45, 2.75) is 6.42 Å². The Morgan fingerprint density at radius 3 is 2.41 bits per heavy atom. The molecule has 0 spiro atoms. The normalized spacial score (nSPS) is 10.5. The van der Waals surface area contributed by atoms with Gasteiger partial charge in [0.1, 0.15) is 17.9 Å². The number of methoxy groups -OCH3 is 2. The molecule has 0 fully saturated rings. The van der Waals surface area contributed by atoms with E-state index in [9.17, 15) is 9.59 Å². The lowest BCUT2D eigenvalue weighted by atomic mass is 10.2. The Morgan fingerprint density at radius 2 is 1.78 bits per heavy atom. The lowest BCUT2D eigenvalue weighted by Crippen LogP contribution is -2.24. The summed E-state index contributed by atoms with van der Waals surface area (Å²) in [6.45, 7) is 0. The summed E-state index contributed by atoms with van der Waals surface area (Å²) in [6, 6.07) is 9.99. The number of nitrogens with zero attached hydrogens (tertiary/aromatic N) is 1. The van der Waals surface area contributed by atoms with Gasteiger partial charge in [0.2, 0.25) is 11.8 Å². The van der Waals surface area contributed by atoms with Crippen LogP contribution in [0.15, 0.2) is 46.0 Å². The molecule has 0 heterocycles. The van der Waals surface area contributed by atoms with Crippen LogP contribution in [0.3, 0.4) is 0 Å². The molecule has 2 amide bonds. The van der Waals surface area contributed by atoms with E-state index >= 15 is 0 Å². The van der Waals surface area contributed by atoms with Crippen LogP contribution in [0.4, 0.5) is 5.69 Å². The van der Waals surface area contributed by atoms with Crippen molar-refractivity contribution in [3.63, 3.8) is 0 Å². The largest absolute Gasteiger partial charge is 0.496 e. The molecule has 2 aromatic rings. The summed E-state index contributed by atoms with van der Waals surface area (Å²) in [5, 5.41) is 7.01. The molecule has 0 aromatic heterocycles. The fourth-order valence-corrected chi connectivity index (χ4v) is 2.73. The molecule has 2 aromatic carbocycles. The number of halogens is 2. The molecule has 0 saturated heterocycles. The van der Waals surface area contributed by atoms with E-state index < -0.39 is 11.8 Å². The number of carbonyl (C=O) groups excluding carboxylic acids is 2. The van der Waals surface area contributed by atoms with Crippen LogP contribution < -0.4 is 20.2 Å². The summed E-state index contributed by atoms with van der Waals surface area (Å²) in [6.07, 6.45) is 1.04. The first kappa shape index (κ1) is 20.7. The van der Waals surface area contributed by atoms with Gasteiger partial charge in [-0.15, -0.1) is 0 Å². The van der Waals surface area contributed by atoms with Crippen molar-refractivity contribution in [2.75, 3.05) is 19.5 Å². The van der Waals surface area contributed by atoms with Gasteiger partial charge in [0.05, 0.1) is 24.9 Å². The first-order chi connectivity index (χ1) is 12.9. The van der Waals surface area contributed by atoms with E-state index in [1.165, 1.54) is 13.3 Å². The number of nitrogens with one attached hydrogen (secondary N) is 2. The fourth-order valence-electron chi connectivity index (χ4n) is 2.08. The molecule has 27 heavy (non-hydrogen) atoms. The Morgan fingerprint density at radius 1 is 1.11 bits per heavy atom. The monoisotopic (exact) mass is 453 g/mol. The van der Waals surface area contributed by atoms with Gasteiger partial charge in [-0.1, -0.05) is 11.6 Å². The van der Waals surface area contributed by atoms with E-state index in [0.717, 1.165) is 0 Å². The average molecular weight is 455 g/mol. The molecule has 0 radical (unpaired) electrons. The Balaban J connectivity index is 1.92. The molecule has 2 rings (SSSR count). The quantitative estimate of drug-likeness (QED) is 0.380. The van der Waals surface area contributed by atoms with E-state index in [-0.39, 0.29) is 6.42 Å². The van der Waals surface area contributed by atoms with Gasteiger partial charge in [-0.3, -0.25) is 9.59 Å². The average Bonchev–Trinajstić information content (AvgIpc) is 2.63. The molecule has 142 valence electrons. The highest BCUT2D eigenvalue weighted by molar-refractivity contribution is 9.10. The zero-order chi connectivity index (χ0) is 19.8. The van der Waals surface area contributed by atoms with Gasteiger partial charge in [0.25, 0.3) is 0 Å². The summed E-state index contributed by atoms with van der Waals surface area (Å²) in [5.74, 6) is 0.111. The highest BCUT2D eigenvalue weighted by Gasteiger charge is 2.10. The lowest BCUT2D eigenvalue weighted by Gasteiger charge is -2.09. The number of hydrogen-bond acceptors (Lipinski definition) is 5. The van der Waals surface area contributed by atoms with Gasteiger partial charge in [-0.05, 0) is 46.3 Å². The number of amides is 2. The molecule has 0 bridgehead atoms. The Bertz CT molecular complexity index is 856. The second-order valence-electron chi connectivity index (χ2n) is 5.25. The second-order valence-corrected chi connectivity index (χ2v) is 6.54. The predicted molar refractivity (Wildman–Crippen MR) is 108 cm³/mol. The first-order valence-corrected chi connectivity index (χ1v) is 8.89. The summed E-state index contributed by atoms with van der Waals surface area (Å²) in [5.41, 5.74) is 3.47. The molecule has 0 unspecified atom stereocenters. The van der Waals surface area contributed by atoms with Crippen molar-refractivity contribution < 1.29 is 19.1 Å². The van der Waals surface area contributed by atoms with Gasteiger partial charge in [0.15, 0.2) is 0 Å². The highest BCUT2D eigenvalue weighted by atomic mass is 79.9. The smallest absolute Gasteiger partial charge is 0.249 e. The van der Waals surface area contributed by atoms with Crippen molar-refractivity contribution in [2.24, 2.45) is 5.10 Å². The minimum absolute atomic E-state index is 0.372. The topological polar surface area (TPSA) is 89.0 Å². The molecular weight excluding hydrogens is 438 g/mol. The third kappa shape index (κ3) is 6.26. The first-order valence-electron chi connectivity index (χ1n) is 7.71. The summed E-state index contributed by atoms with van der Waals surface area (Å²) < 4.78 is 11.2. The van der Waals surface area contributed by atoms with Crippen LogP contribution in [0.1, 0.15) is 12.0 Å². The van der Waals surface area contributed by atoms with Crippen molar-refractivity contribution >= 4 is 51.2 Å². The summed E-state index contributed by atoms with van der Waals surface area (Å²) in [7, 11) is 3.06.